The van der Waals surface area contributed by atoms with E-state index in [1.165, 1.54) is 0 Å². The number of hydrogen-bond donors (Lipinski definition) is 0. The lowest BCUT2D eigenvalue weighted by Gasteiger charge is -2.27. The van der Waals surface area contributed by atoms with Crippen molar-refractivity contribution >= 4 is 7.60 Å². The summed E-state index contributed by atoms with van der Waals surface area (Å²) in [5.74, 6) is -0.790. The van der Waals surface area contributed by atoms with Crippen LogP contribution in [0.15, 0.2) is 0 Å². The van der Waals surface area contributed by atoms with Crippen molar-refractivity contribution in [3.63, 3.8) is 0 Å². The predicted molar refractivity (Wildman–Crippen MR) is 68.5 cm³/mol. The van der Waals surface area contributed by atoms with E-state index in [0.29, 0.717) is 6.42 Å². The third-order valence-electron chi connectivity index (χ3n) is 2.63. The van der Waals surface area contributed by atoms with Crippen LogP contribution < -0.4 is 0 Å². The van der Waals surface area contributed by atoms with Crippen LogP contribution in [0.5, 0.6) is 0 Å². The number of rotatable bonds is 6. The zero-order valence-electron chi connectivity index (χ0n) is 11.8. The van der Waals surface area contributed by atoms with Crippen LogP contribution in [0.4, 0.5) is 4.39 Å². The Morgan fingerprint density at radius 1 is 1.28 bits per heavy atom. The molecule has 6 heteroatoms. The molecule has 1 heterocycles. The fourth-order valence-corrected chi connectivity index (χ4v) is 4.25. The van der Waals surface area contributed by atoms with E-state index in [0.717, 1.165) is 0 Å². The summed E-state index contributed by atoms with van der Waals surface area (Å²) in [5, 5.41) is 0. The lowest BCUT2D eigenvalue weighted by atomic mass is 10.2. The summed E-state index contributed by atoms with van der Waals surface area (Å²) in [6, 6.07) is 0. The molecule has 1 rings (SSSR count). The van der Waals surface area contributed by atoms with Gasteiger partial charge in [-0.2, -0.15) is 0 Å². The molecule has 1 aliphatic rings. The van der Waals surface area contributed by atoms with Crippen molar-refractivity contribution in [1.29, 1.82) is 0 Å². The van der Waals surface area contributed by atoms with Gasteiger partial charge in [0, 0.05) is 6.42 Å². The van der Waals surface area contributed by atoms with Crippen molar-refractivity contribution in [2.24, 2.45) is 0 Å². The molecule has 18 heavy (non-hydrogen) atoms. The summed E-state index contributed by atoms with van der Waals surface area (Å²) >= 11 is 0. The third kappa shape index (κ3) is 4.02. The van der Waals surface area contributed by atoms with E-state index in [4.69, 9.17) is 13.8 Å². The summed E-state index contributed by atoms with van der Waals surface area (Å²) in [6.07, 6.45) is -1.47. The number of alkyl halides is 1. The van der Waals surface area contributed by atoms with Gasteiger partial charge in [-0.1, -0.05) is 6.92 Å². The maximum absolute atomic E-state index is 13.7. The molecule has 0 spiro atoms. The molecular formula is C12H24FO4P. The van der Waals surface area contributed by atoms with Crippen LogP contribution in [0.1, 0.15) is 47.5 Å². The molecule has 1 saturated heterocycles. The molecule has 108 valence electrons. The first-order chi connectivity index (χ1) is 8.28. The predicted octanol–water partition coefficient (Wildman–Crippen LogP) is 3.89. The molecule has 0 bridgehead atoms. The van der Waals surface area contributed by atoms with E-state index in [1.807, 2.05) is 6.92 Å². The molecule has 0 saturated carbocycles. The highest BCUT2D eigenvalue weighted by atomic mass is 31.2. The van der Waals surface area contributed by atoms with E-state index in [2.05, 4.69) is 0 Å². The van der Waals surface area contributed by atoms with Gasteiger partial charge in [0.2, 0.25) is 0 Å². The number of halogens is 1. The molecule has 0 unspecified atom stereocenters. The monoisotopic (exact) mass is 282 g/mol. The molecule has 1 aliphatic heterocycles. The zero-order chi connectivity index (χ0) is 13.9. The number of hydrogen-bond acceptors (Lipinski definition) is 4. The second-order valence-corrected chi connectivity index (χ2v) is 7.21. The third-order valence-corrected chi connectivity index (χ3v) is 5.10. The smallest absolute Gasteiger partial charge is 0.359 e. The average molecular weight is 282 g/mol. The van der Waals surface area contributed by atoms with E-state index in [9.17, 15) is 8.96 Å². The molecule has 0 radical (unpaired) electrons. The molecular weight excluding hydrogens is 258 g/mol. The van der Waals surface area contributed by atoms with Crippen LogP contribution >= 0.6 is 7.60 Å². The van der Waals surface area contributed by atoms with Crippen LogP contribution in [-0.2, 0) is 18.3 Å². The molecule has 4 nitrogen and oxygen atoms in total. The summed E-state index contributed by atoms with van der Waals surface area (Å²) in [6.45, 7) is 8.94. The molecule has 0 aromatic carbocycles. The van der Waals surface area contributed by atoms with Crippen molar-refractivity contribution < 1.29 is 22.7 Å². The quantitative estimate of drug-likeness (QED) is 0.693. The van der Waals surface area contributed by atoms with Gasteiger partial charge in [-0.15, -0.1) is 0 Å². The summed E-state index contributed by atoms with van der Waals surface area (Å²) < 4.78 is 42.7. The van der Waals surface area contributed by atoms with Crippen LogP contribution in [0.3, 0.4) is 0 Å². The van der Waals surface area contributed by atoms with Gasteiger partial charge in [0.1, 0.15) is 6.17 Å². The van der Waals surface area contributed by atoms with Gasteiger partial charge >= 0.3 is 7.60 Å². The first kappa shape index (κ1) is 16.1. The molecule has 0 aromatic heterocycles. The van der Waals surface area contributed by atoms with Crippen LogP contribution in [0, 0.1) is 0 Å². The fraction of sp³-hybridized carbons (Fsp3) is 1.00. The summed E-state index contributed by atoms with van der Waals surface area (Å²) in [4.78, 5) is 0. The Labute approximate surface area is 109 Å². The normalized spacial score (nSPS) is 29.4. The molecule has 0 aromatic rings. The molecule has 0 N–H and O–H groups in total. The van der Waals surface area contributed by atoms with Crippen molar-refractivity contribution in [3.8, 4) is 0 Å². The minimum absolute atomic E-state index is 0.0786. The summed E-state index contributed by atoms with van der Waals surface area (Å²) in [7, 11) is -3.43. The van der Waals surface area contributed by atoms with E-state index in [1.54, 1.807) is 27.7 Å². The van der Waals surface area contributed by atoms with Crippen molar-refractivity contribution in [3.05, 3.63) is 0 Å². The van der Waals surface area contributed by atoms with Gasteiger partial charge in [0.15, 0.2) is 5.85 Å². The minimum Gasteiger partial charge on any atom is -0.359 e. The molecule has 3 atom stereocenters. The first-order valence-corrected chi connectivity index (χ1v) is 8.15. The SMILES string of the molecule is CC[C@H]1O[C@@H](P(=O)(OC(C)C)OC(C)C)C[C@@H]1F. The van der Waals surface area contributed by atoms with Gasteiger partial charge < -0.3 is 13.8 Å². The number of ether oxygens (including phenoxy) is 1. The Morgan fingerprint density at radius 2 is 1.78 bits per heavy atom. The highest BCUT2D eigenvalue weighted by Crippen LogP contribution is 2.59. The lowest BCUT2D eigenvalue weighted by Crippen LogP contribution is -2.19. The second-order valence-electron chi connectivity index (χ2n) is 5.14. The molecule has 0 amide bonds. The van der Waals surface area contributed by atoms with Gasteiger partial charge in [-0.05, 0) is 34.1 Å². The van der Waals surface area contributed by atoms with Gasteiger partial charge in [0.25, 0.3) is 0 Å². The van der Waals surface area contributed by atoms with Gasteiger partial charge in [-0.25, -0.2) is 4.39 Å². The lowest BCUT2D eigenvalue weighted by molar-refractivity contribution is 0.0319. The van der Waals surface area contributed by atoms with Crippen molar-refractivity contribution in [1.82, 2.24) is 0 Å². The van der Waals surface area contributed by atoms with E-state index >= 15 is 0 Å². The van der Waals surface area contributed by atoms with Gasteiger partial charge in [0.05, 0.1) is 18.3 Å². The molecule has 1 fully saturated rings. The fourth-order valence-electron chi connectivity index (χ4n) is 1.99. The first-order valence-electron chi connectivity index (χ1n) is 6.54. The van der Waals surface area contributed by atoms with Crippen molar-refractivity contribution in [2.45, 2.75) is 77.8 Å². The average Bonchev–Trinajstić information content (AvgIpc) is 2.57. The van der Waals surface area contributed by atoms with Crippen LogP contribution in [0.25, 0.3) is 0 Å². The zero-order valence-corrected chi connectivity index (χ0v) is 12.7. The van der Waals surface area contributed by atoms with Gasteiger partial charge in [-0.3, -0.25) is 4.57 Å². The Hall–Kier alpha value is 0.0400. The molecule has 0 aliphatic carbocycles. The van der Waals surface area contributed by atoms with Crippen LogP contribution in [0.2, 0.25) is 0 Å². The Morgan fingerprint density at radius 3 is 2.11 bits per heavy atom. The standard InChI is InChI=1S/C12H24FO4P/c1-6-11-10(13)7-12(15-11)18(14,16-8(2)3)17-9(4)5/h8-12H,6-7H2,1-5H3/t10-,11+,12-/m0/s1. The Balaban J connectivity index is 2.81. The van der Waals surface area contributed by atoms with Crippen LogP contribution in [-0.4, -0.2) is 30.3 Å². The summed E-state index contributed by atoms with van der Waals surface area (Å²) in [5.41, 5.74) is 0. The maximum Gasteiger partial charge on any atom is 0.359 e. The maximum atomic E-state index is 13.7. The Bertz CT molecular complexity index is 294. The van der Waals surface area contributed by atoms with E-state index < -0.39 is 25.7 Å². The minimum atomic E-state index is -3.43. The Kier molecular flexibility index (Phi) is 5.78. The highest BCUT2D eigenvalue weighted by Gasteiger charge is 2.47. The van der Waals surface area contributed by atoms with Crippen molar-refractivity contribution in [2.75, 3.05) is 0 Å². The topological polar surface area (TPSA) is 44.8 Å². The van der Waals surface area contributed by atoms with E-state index in [-0.39, 0.29) is 18.6 Å². The second kappa shape index (κ2) is 6.47. The highest BCUT2D eigenvalue weighted by molar-refractivity contribution is 7.54. The largest absolute Gasteiger partial charge is 0.359 e.